The van der Waals surface area contributed by atoms with E-state index in [-0.39, 0.29) is 17.5 Å². The van der Waals surface area contributed by atoms with Crippen molar-refractivity contribution in [3.63, 3.8) is 0 Å². The van der Waals surface area contributed by atoms with E-state index in [9.17, 15) is 14.7 Å². The molecule has 0 spiro atoms. The van der Waals surface area contributed by atoms with Gasteiger partial charge in [0, 0.05) is 11.1 Å². The number of nitrogens with one attached hydrogen (secondary N) is 2. The molecular weight excluding hydrogens is 280 g/mol. The van der Waals surface area contributed by atoms with Crippen LogP contribution in [0.2, 0.25) is 5.02 Å². The fourth-order valence-electron chi connectivity index (χ4n) is 2.29. The van der Waals surface area contributed by atoms with Crippen LogP contribution in [0.5, 0.6) is 5.75 Å². The number of aromatic hydroxyl groups is 1. The molecule has 0 aromatic heterocycles. The summed E-state index contributed by atoms with van der Waals surface area (Å²) < 4.78 is 0. The van der Waals surface area contributed by atoms with E-state index in [4.69, 9.17) is 11.6 Å². The highest BCUT2D eigenvalue weighted by molar-refractivity contribution is 6.40. The van der Waals surface area contributed by atoms with Crippen LogP contribution < -0.4 is 10.6 Å². The monoisotopic (exact) mass is 296 g/mol. The number of rotatable bonds is 2. The Bertz CT molecular complexity index is 513. The van der Waals surface area contributed by atoms with Gasteiger partial charge in [-0.3, -0.25) is 9.59 Å². The highest BCUT2D eigenvalue weighted by atomic mass is 35.5. The number of carbonyl (C=O) groups is 2. The molecule has 1 saturated carbocycles. The van der Waals surface area contributed by atoms with Crippen LogP contribution in [0.15, 0.2) is 18.2 Å². The van der Waals surface area contributed by atoms with Crippen LogP contribution in [-0.4, -0.2) is 23.0 Å². The smallest absolute Gasteiger partial charge is 0.313 e. The minimum Gasteiger partial charge on any atom is -0.506 e. The Balaban J connectivity index is 1.93. The maximum absolute atomic E-state index is 11.8. The lowest BCUT2D eigenvalue weighted by molar-refractivity contribution is -0.136. The van der Waals surface area contributed by atoms with Crippen molar-refractivity contribution in [3.05, 3.63) is 23.2 Å². The first-order valence-corrected chi connectivity index (χ1v) is 7.04. The van der Waals surface area contributed by atoms with E-state index in [1.165, 1.54) is 24.6 Å². The van der Waals surface area contributed by atoms with Gasteiger partial charge in [-0.1, -0.05) is 30.9 Å². The first-order chi connectivity index (χ1) is 9.56. The van der Waals surface area contributed by atoms with Crippen molar-refractivity contribution in [2.45, 2.75) is 38.1 Å². The number of phenolic OH excluding ortho intramolecular Hbond substituents is 1. The van der Waals surface area contributed by atoms with Crippen LogP contribution in [-0.2, 0) is 9.59 Å². The molecule has 0 saturated heterocycles. The van der Waals surface area contributed by atoms with Crippen LogP contribution in [0.25, 0.3) is 0 Å². The molecule has 0 atom stereocenters. The second kappa shape index (κ2) is 6.61. The summed E-state index contributed by atoms with van der Waals surface area (Å²) >= 11 is 5.77. The molecule has 5 nitrogen and oxygen atoms in total. The van der Waals surface area contributed by atoms with Gasteiger partial charge in [-0.05, 0) is 31.0 Å². The summed E-state index contributed by atoms with van der Waals surface area (Å²) in [7, 11) is 0. The average molecular weight is 297 g/mol. The molecule has 108 valence electrons. The summed E-state index contributed by atoms with van der Waals surface area (Å²) in [5, 5.41) is 15.0. The summed E-state index contributed by atoms with van der Waals surface area (Å²) in [5.74, 6) is -1.61. The van der Waals surface area contributed by atoms with Crippen LogP contribution in [0.1, 0.15) is 32.1 Å². The molecule has 0 heterocycles. The summed E-state index contributed by atoms with van der Waals surface area (Å²) in [5.41, 5.74) is 0.126. The molecule has 1 aromatic rings. The third-order valence-electron chi connectivity index (χ3n) is 3.35. The Morgan fingerprint density at radius 2 is 1.85 bits per heavy atom. The number of phenols is 1. The fraction of sp³-hybridized carbons (Fsp3) is 0.429. The Morgan fingerprint density at radius 3 is 2.55 bits per heavy atom. The van der Waals surface area contributed by atoms with E-state index in [2.05, 4.69) is 10.6 Å². The van der Waals surface area contributed by atoms with Gasteiger partial charge in [0.1, 0.15) is 5.75 Å². The SMILES string of the molecule is O=C(Nc1cc(Cl)ccc1O)C(=O)NC1CCCCC1. The number of amides is 2. The van der Waals surface area contributed by atoms with E-state index < -0.39 is 11.8 Å². The van der Waals surface area contributed by atoms with Crippen molar-refractivity contribution in [1.29, 1.82) is 0 Å². The quantitative estimate of drug-likeness (QED) is 0.579. The number of anilines is 1. The minimum atomic E-state index is -0.798. The van der Waals surface area contributed by atoms with Gasteiger partial charge in [0.15, 0.2) is 0 Å². The fourth-order valence-corrected chi connectivity index (χ4v) is 2.46. The topological polar surface area (TPSA) is 78.4 Å². The second-order valence-electron chi connectivity index (χ2n) is 4.92. The van der Waals surface area contributed by atoms with E-state index in [1.807, 2.05) is 0 Å². The van der Waals surface area contributed by atoms with Crippen molar-refractivity contribution in [1.82, 2.24) is 5.32 Å². The summed E-state index contributed by atoms with van der Waals surface area (Å²) in [6.07, 6.45) is 5.13. The van der Waals surface area contributed by atoms with E-state index in [0.29, 0.717) is 5.02 Å². The number of hydrogen-bond acceptors (Lipinski definition) is 3. The Morgan fingerprint density at radius 1 is 1.15 bits per heavy atom. The molecule has 1 aliphatic rings. The van der Waals surface area contributed by atoms with Crippen molar-refractivity contribution >= 4 is 29.1 Å². The molecule has 1 fully saturated rings. The lowest BCUT2D eigenvalue weighted by atomic mass is 9.95. The normalized spacial score (nSPS) is 15.7. The molecule has 0 bridgehead atoms. The standard InChI is InChI=1S/C14H17ClN2O3/c15-9-6-7-12(18)11(8-9)17-14(20)13(19)16-10-4-2-1-3-5-10/h6-8,10,18H,1-5H2,(H,16,19)(H,17,20). The molecule has 2 amide bonds. The zero-order chi connectivity index (χ0) is 14.5. The van der Waals surface area contributed by atoms with E-state index >= 15 is 0 Å². The third kappa shape index (κ3) is 3.87. The largest absolute Gasteiger partial charge is 0.506 e. The van der Waals surface area contributed by atoms with E-state index in [0.717, 1.165) is 25.7 Å². The molecule has 1 aromatic carbocycles. The van der Waals surface area contributed by atoms with Gasteiger partial charge in [-0.25, -0.2) is 0 Å². The van der Waals surface area contributed by atoms with Crippen molar-refractivity contribution < 1.29 is 14.7 Å². The third-order valence-corrected chi connectivity index (χ3v) is 3.59. The number of hydrogen-bond donors (Lipinski definition) is 3. The molecule has 3 N–H and O–H groups in total. The number of carbonyl (C=O) groups excluding carboxylic acids is 2. The van der Waals surface area contributed by atoms with Crippen molar-refractivity contribution in [2.75, 3.05) is 5.32 Å². The van der Waals surface area contributed by atoms with Crippen LogP contribution in [0, 0.1) is 0 Å². The zero-order valence-corrected chi connectivity index (χ0v) is 11.7. The van der Waals surface area contributed by atoms with Crippen LogP contribution >= 0.6 is 11.6 Å². The van der Waals surface area contributed by atoms with Crippen molar-refractivity contribution in [2.24, 2.45) is 0 Å². The summed E-state index contributed by atoms with van der Waals surface area (Å²) in [6.45, 7) is 0. The first kappa shape index (κ1) is 14.7. The number of halogens is 1. The molecule has 1 aliphatic carbocycles. The molecule has 20 heavy (non-hydrogen) atoms. The van der Waals surface area contributed by atoms with Gasteiger partial charge in [0.25, 0.3) is 0 Å². The Labute approximate surface area is 122 Å². The zero-order valence-electron chi connectivity index (χ0n) is 11.0. The van der Waals surface area contributed by atoms with Gasteiger partial charge < -0.3 is 15.7 Å². The maximum Gasteiger partial charge on any atom is 0.313 e. The average Bonchev–Trinajstić information content (AvgIpc) is 2.44. The lowest BCUT2D eigenvalue weighted by Gasteiger charge is -2.22. The van der Waals surface area contributed by atoms with Crippen LogP contribution in [0.4, 0.5) is 5.69 Å². The highest BCUT2D eigenvalue weighted by Crippen LogP contribution is 2.26. The molecule has 0 radical (unpaired) electrons. The van der Waals surface area contributed by atoms with Crippen LogP contribution in [0.3, 0.4) is 0 Å². The molecular formula is C14H17ClN2O3. The summed E-state index contributed by atoms with van der Waals surface area (Å²) in [4.78, 5) is 23.5. The Kier molecular flexibility index (Phi) is 4.84. The molecule has 6 heteroatoms. The summed E-state index contributed by atoms with van der Waals surface area (Å²) in [6, 6.07) is 4.31. The van der Waals surface area contributed by atoms with Gasteiger partial charge >= 0.3 is 11.8 Å². The van der Waals surface area contributed by atoms with E-state index in [1.54, 1.807) is 0 Å². The lowest BCUT2D eigenvalue weighted by Crippen LogP contribution is -2.42. The van der Waals surface area contributed by atoms with Gasteiger partial charge in [-0.15, -0.1) is 0 Å². The number of benzene rings is 1. The minimum absolute atomic E-state index is 0.0648. The highest BCUT2D eigenvalue weighted by Gasteiger charge is 2.21. The Hall–Kier alpha value is -1.75. The maximum atomic E-state index is 11.8. The van der Waals surface area contributed by atoms with Gasteiger partial charge in [0.05, 0.1) is 5.69 Å². The molecule has 2 rings (SSSR count). The predicted molar refractivity (Wildman–Crippen MR) is 76.8 cm³/mol. The first-order valence-electron chi connectivity index (χ1n) is 6.66. The van der Waals surface area contributed by atoms with Crippen molar-refractivity contribution in [3.8, 4) is 5.75 Å². The predicted octanol–water partition coefficient (Wildman–Crippen LogP) is 2.43. The van der Waals surface area contributed by atoms with Gasteiger partial charge in [0.2, 0.25) is 0 Å². The molecule has 0 aliphatic heterocycles. The van der Waals surface area contributed by atoms with Gasteiger partial charge in [-0.2, -0.15) is 0 Å². The molecule has 0 unspecified atom stereocenters. The second-order valence-corrected chi connectivity index (χ2v) is 5.36.